The average Bonchev–Trinajstić information content (AvgIpc) is 2.03. The molecular weight excluding hydrogens is 140 g/mol. The summed E-state index contributed by atoms with van der Waals surface area (Å²) in [5.41, 5.74) is 1.20. The monoisotopic (exact) mass is 152 g/mol. The van der Waals surface area contributed by atoms with E-state index in [0.29, 0.717) is 6.61 Å². The maximum atomic E-state index is 10.4. The normalized spacial score (nSPS) is 15.9. The molecule has 1 rings (SSSR count). The molecule has 0 aliphatic heterocycles. The lowest BCUT2D eigenvalue weighted by Gasteiger charge is -2.07. The van der Waals surface area contributed by atoms with Crippen molar-refractivity contribution in [2.75, 3.05) is 6.61 Å². The first kappa shape index (κ1) is 8.05. The zero-order valence-electron chi connectivity index (χ0n) is 6.67. The zero-order chi connectivity index (χ0) is 8.10. The molecule has 60 valence electrons. The number of carbonyl (C=O) groups is 1. The van der Waals surface area contributed by atoms with Crippen molar-refractivity contribution in [2.24, 2.45) is 0 Å². The highest BCUT2D eigenvalue weighted by Gasteiger charge is 2.00. The van der Waals surface area contributed by atoms with Crippen molar-refractivity contribution in [3.05, 3.63) is 23.8 Å². The Morgan fingerprint density at radius 1 is 1.73 bits per heavy atom. The largest absolute Gasteiger partial charge is 0.461 e. The molecule has 0 N–H and O–H groups in total. The van der Waals surface area contributed by atoms with E-state index in [1.54, 1.807) is 0 Å². The van der Waals surface area contributed by atoms with Gasteiger partial charge in [-0.05, 0) is 18.4 Å². The van der Waals surface area contributed by atoms with Crippen LogP contribution in [0.4, 0.5) is 0 Å². The number of hydrogen-bond donors (Lipinski definition) is 0. The van der Waals surface area contributed by atoms with E-state index in [0.717, 1.165) is 12.8 Å². The average molecular weight is 152 g/mol. The predicted octanol–water partition coefficient (Wildman–Crippen LogP) is 1.83. The SMILES string of the molecule is CC(=O)OCC1=CC=CCC1. The Bertz CT molecular complexity index is 202. The second kappa shape index (κ2) is 3.96. The summed E-state index contributed by atoms with van der Waals surface area (Å²) >= 11 is 0. The highest BCUT2D eigenvalue weighted by atomic mass is 16.5. The molecule has 0 atom stereocenters. The molecule has 0 saturated carbocycles. The van der Waals surface area contributed by atoms with E-state index in [-0.39, 0.29) is 5.97 Å². The number of carbonyl (C=O) groups excluding carboxylic acids is 1. The van der Waals surface area contributed by atoms with Gasteiger partial charge in [0.1, 0.15) is 6.61 Å². The lowest BCUT2D eigenvalue weighted by atomic mass is 10.1. The molecule has 11 heavy (non-hydrogen) atoms. The molecule has 0 aromatic carbocycles. The Morgan fingerprint density at radius 3 is 3.09 bits per heavy atom. The van der Waals surface area contributed by atoms with E-state index >= 15 is 0 Å². The van der Waals surface area contributed by atoms with Crippen LogP contribution in [0.25, 0.3) is 0 Å². The predicted molar refractivity (Wildman–Crippen MR) is 43.1 cm³/mol. The number of ether oxygens (including phenoxy) is 1. The fraction of sp³-hybridized carbons (Fsp3) is 0.444. The quantitative estimate of drug-likeness (QED) is 0.564. The highest BCUT2D eigenvalue weighted by molar-refractivity contribution is 5.66. The van der Waals surface area contributed by atoms with Gasteiger partial charge in [-0.25, -0.2) is 0 Å². The van der Waals surface area contributed by atoms with Crippen molar-refractivity contribution in [1.29, 1.82) is 0 Å². The molecule has 0 unspecified atom stereocenters. The molecule has 2 nitrogen and oxygen atoms in total. The van der Waals surface area contributed by atoms with E-state index in [2.05, 4.69) is 6.08 Å². The molecule has 0 fully saturated rings. The van der Waals surface area contributed by atoms with Crippen molar-refractivity contribution in [3.63, 3.8) is 0 Å². The molecular formula is C9H12O2. The topological polar surface area (TPSA) is 26.3 Å². The van der Waals surface area contributed by atoms with Gasteiger partial charge in [-0.1, -0.05) is 18.2 Å². The third-order valence-corrected chi connectivity index (χ3v) is 1.56. The Labute approximate surface area is 66.5 Å². The van der Waals surface area contributed by atoms with Gasteiger partial charge in [-0.15, -0.1) is 0 Å². The summed E-state index contributed by atoms with van der Waals surface area (Å²) in [6.45, 7) is 1.89. The Kier molecular flexibility index (Phi) is 2.90. The fourth-order valence-electron chi connectivity index (χ4n) is 0.967. The van der Waals surface area contributed by atoms with Crippen LogP contribution >= 0.6 is 0 Å². The van der Waals surface area contributed by atoms with E-state index < -0.39 is 0 Å². The molecule has 0 radical (unpaired) electrons. The Hall–Kier alpha value is -1.05. The number of esters is 1. The maximum Gasteiger partial charge on any atom is 0.302 e. The molecule has 0 heterocycles. The van der Waals surface area contributed by atoms with E-state index in [1.165, 1.54) is 12.5 Å². The van der Waals surface area contributed by atoms with Crippen LogP contribution in [0, 0.1) is 0 Å². The third-order valence-electron chi connectivity index (χ3n) is 1.56. The lowest BCUT2D eigenvalue weighted by molar-refractivity contribution is -0.140. The number of rotatable bonds is 2. The zero-order valence-corrected chi connectivity index (χ0v) is 6.67. The van der Waals surface area contributed by atoms with Crippen LogP contribution in [-0.2, 0) is 9.53 Å². The minimum absolute atomic E-state index is 0.208. The molecule has 0 amide bonds. The van der Waals surface area contributed by atoms with Gasteiger partial charge in [0.25, 0.3) is 0 Å². The van der Waals surface area contributed by atoms with Crippen LogP contribution in [-0.4, -0.2) is 12.6 Å². The minimum Gasteiger partial charge on any atom is -0.461 e. The molecule has 0 aromatic rings. The Balaban J connectivity index is 2.31. The van der Waals surface area contributed by atoms with Crippen molar-refractivity contribution in [2.45, 2.75) is 19.8 Å². The van der Waals surface area contributed by atoms with Crippen molar-refractivity contribution in [3.8, 4) is 0 Å². The third kappa shape index (κ3) is 3.03. The Morgan fingerprint density at radius 2 is 2.55 bits per heavy atom. The van der Waals surface area contributed by atoms with Crippen LogP contribution in [0.15, 0.2) is 23.8 Å². The minimum atomic E-state index is -0.208. The van der Waals surface area contributed by atoms with Gasteiger partial charge in [0.15, 0.2) is 0 Å². The number of allylic oxidation sites excluding steroid dienone is 3. The summed E-state index contributed by atoms with van der Waals surface area (Å²) in [7, 11) is 0. The molecule has 0 aromatic heterocycles. The van der Waals surface area contributed by atoms with E-state index in [1.807, 2.05) is 12.2 Å². The molecule has 0 spiro atoms. The smallest absolute Gasteiger partial charge is 0.302 e. The van der Waals surface area contributed by atoms with Gasteiger partial charge in [-0.3, -0.25) is 4.79 Å². The summed E-state index contributed by atoms with van der Waals surface area (Å²) in [5.74, 6) is -0.208. The first-order valence-corrected chi connectivity index (χ1v) is 3.77. The summed E-state index contributed by atoms with van der Waals surface area (Å²) < 4.78 is 4.84. The lowest BCUT2D eigenvalue weighted by Crippen LogP contribution is -2.03. The van der Waals surface area contributed by atoms with Crippen LogP contribution in [0.1, 0.15) is 19.8 Å². The second-order valence-corrected chi connectivity index (χ2v) is 2.57. The van der Waals surface area contributed by atoms with Crippen LogP contribution < -0.4 is 0 Å². The molecule has 1 aliphatic carbocycles. The first-order chi connectivity index (χ1) is 5.29. The van der Waals surface area contributed by atoms with Crippen LogP contribution in [0.2, 0.25) is 0 Å². The fourth-order valence-corrected chi connectivity index (χ4v) is 0.967. The summed E-state index contributed by atoms with van der Waals surface area (Å²) in [5, 5.41) is 0. The van der Waals surface area contributed by atoms with Gasteiger partial charge < -0.3 is 4.74 Å². The van der Waals surface area contributed by atoms with Crippen molar-refractivity contribution >= 4 is 5.97 Å². The van der Waals surface area contributed by atoms with Crippen molar-refractivity contribution < 1.29 is 9.53 Å². The number of hydrogen-bond acceptors (Lipinski definition) is 2. The molecule has 0 bridgehead atoms. The van der Waals surface area contributed by atoms with Gasteiger partial charge in [0.05, 0.1) is 0 Å². The summed E-state index contributed by atoms with van der Waals surface area (Å²) in [6.07, 6.45) is 8.20. The van der Waals surface area contributed by atoms with Crippen LogP contribution in [0.5, 0.6) is 0 Å². The summed E-state index contributed by atoms with van der Waals surface area (Å²) in [6, 6.07) is 0. The molecule has 2 heteroatoms. The van der Waals surface area contributed by atoms with Gasteiger partial charge >= 0.3 is 5.97 Å². The van der Waals surface area contributed by atoms with E-state index in [4.69, 9.17) is 4.74 Å². The highest BCUT2D eigenvalue weighted by Crippen LogP contribution is 2.11. The molecule has 0 saturated heterocycles. The van der Waals surface area contributed by atoms with Gasteiger partial charge in [0, 0.05) is 6.92 Å². The van der Waals surface area contributed by atoms with Crippen LogP contribution in [0.3, 0.4) is 0 Å². The van der Waals surface area contributed by atoms with E-state index in [9.17, 15) is 4.79 Å². The first-order valence-electron chi connectivity index (χ1n) is 3.77. The molecule has 1 aliphatic rings. The standard InChI is InChI=1S/C9H12O2/c1-8(10)11-7-9-5-3-2-4-6-9/h2-3,5H,4,6-7H2,1H3. The van der Waals surface area contributed by atoms with Gasteiger partial charge in [-0.2, -0.15) is 0 Å². The maximum absolute atomic E-state index is 10.4. The second-order valence-electron chi connectivity index (χ2n) is 2.57. The van der Waals surface area contributed by atoms with Crippen molar-refractivity contribution in [1.82, 2.24) is 0 Å². The summed E-state index contributed by atoms with van der Waals surface area (Å²) in [4.78, 5) is 10.4. The van der Waals surface area contributed by atoms with Gasteiger partial charge in [0.2, 0.25) is 0 Å².